The number of hydrogen-bond donors (Lipinski definition) is 0. The highest BCUT2D eigenvalue weighted by molar-refractivity contribution is 9.08. The van der Waals surface area contributed by atoms with E-state index in [-0.39, 0.29) is 16.2 Å². The monoisotopic (exact) mass is 566 g/mol. The van der Waals surface area contributed by atoms with Gasteiger partial charge in [-0.2, -0.15) is 0 Å². The van der Waals surface area contributed by atoms with E-state index in [4.69, 9.17) is 0 Å². The van der Waals surface area contributed by atoms with Crippen LogP contribution in [0.4, 0.5) is 0 Å². The van der Waals surface area contributed by atoms with Gasteiger partial charge in [0.15, 0.2) is 0 Å². The SMILES string of the molecule is CBr.CCC(C)(C)c1ccc(P(c2ccc(C(C)(C)CC)cc2)c2ccc(C(C)(C)CC)cc2)cc1. The van der Waals surface area contributed by atoms with Crippen LogP contribution in [0.15, 0.2) is 72.8 Å². The fraction of sp³-hybridized carbons (Fsp3) is 0.471. The van der Waals surface area contributed by atoms with Crippen molar-refractivity contribution in [2.75, 3.05) is 5.83 Å². The van der Waals surface area contributed by atoms with Crippen LogP contribution in [0.5, 0.6) is 0 Å². The molecular weight excluding hydrogens is 519 g/mol. The zero-order chi connectivity index (χ0) is 27.1. The Morgan fingerprint density at radius 1 is 0.444 bits per heavy atom. The van der Waals surface area contributed by atoms with Crippen molar-refractivity contribution in [2.24, 2.45) is 0 Å². The van der Waals surface area contributed by atoms with Crippen LogP contribution in [-0.2, 0) is 16.2 Å². The first-order chi connectivity index (χ1) is 16.9. The molecule has 0 spiro atoms. The lowest BCUT2D eigenvalue weighted by molar-refractivity contribution is 0.506. The molecule has 0 fully saturated rings. The molecule has 0 bridgehead atoms. The molecule has 0 unspecified atom stereocenters. The molecular formula is C34H48BrP. The first-order valence-corrected chi connectivity index (χ1v) is 16.4. The average Bonchev–Trinajstić information content (AvgIpc) is 2.91. The van der Waals surface area contributed by atoms with Crippen LogP contribution >= 0.6 is 23.9 Å². The maximum absolute atomic E-state index is 2.94. The summed E-state index contributed by atoms with van der Waals surface area (Å²) in [6.07, 6.45) is 3.43. The van der Waals surface area contributed by atoms with Gasteiger partial charge in [-0.05, 0) is 81.9 Å². The molecule has 36 heavy (non-hydrogen) atoms. The molecule has 0 aliphatic carbocycles. The van der Waals surface area contributed by atoms with Gasteiger partial charge >= 0.3 is 0 Å². The number of rotatable bonds is 9. The summed E-state index contributed by atoms with van der Waals surface area (Å²) < 4.78 is 0. The Bertz CT molecular complexity index is 916. The first kappa shape index (κ1) is 30.8. The van der Waals surface area contributed by atoms with Gasteiger partial charge in [0, 0.05) is 0 Å². The van der Waals surface area contributed by atoms with E-state index < -0.39 is 7.92 Å². The van der Waals surface area contributed by atoms with Crippen LogP contribution in [0.25, 0.3) is 0 Å². The van der Waals surface area contributed by atoms with Crippen LogP contribution in [-0.4, -0.2) is 5.83 Å². The van der Waals surface area contributed by atoms with Crippen molar-refractivity contribution >= 4 is 39.8 Å². The molecule has 0 saturated carbocycles. The molecule has 3 aromatic carbocycles. The minimum atomic E-state index is -0.604. The van der Waals surface area contributed by atoms with E-state index in [0.717, 1.165) is 19.3 Å². The van der Waals surface area contributed by atoms with Gasteiger partial charge in [-0.15, -0.1) is 0 Å². The molecule has 0 aliphatic heterocycles. The predicted molar refractivity (Wildman–Crippen MR) is 170 cm³/mol. The molecule has 0 aliphatic rings. The second-order valence-corrected chi connectivity index (χ2v) is 13.9. The zero-order valence-corrected chi connectivity index (χ0v) is 26.9. The van der Waals surface area contributed by atoms with Crippen LogP contribution in [0.2, 0.25) is 0 Å². The summed E-state index contributed by atoms with van der Waals surface area (Å²) in [7, 11) is -0.604. The van der Waals surface area contributed by atoms with E-state index >= 15 is 0 Å². The minimum absolute atomic E-state index is 0.210. The summed E-state index contributed by atoms with van der Waals surface area (Å²) in [5, 5.41) is 4.28. The van der Waals surface area contributed by atoms with Gasteiger partial charge in [0.2, 0.25) is 0 Å². The number of benzene rings is 3. The topological polar surface area (TPSA) is 0 Å². The fourth-order valence-electron chi connectivity index (χ4n) is 4.24. The van der Waals surface area contributed by atoms with Gasteiger partial charge in [-0.1, -0.05) is 151 Å². The van der Waals surface area contributed by atoms with Crippen molar-refractivity contribution in [3.05, 3.63) is 89.5 Å². The molecule has 0 nitrogen and oxygen atoms in total. The molecule has 0 N–H and O–H groups in total. The van der Waals surface area contributed by atoms with Crippen molar-refractivity contribution in [3.8, 4) is 0 Å². The Hall–Kier alpha value is -1.43. The number of hydrogen-bond acceptors (Lipinski definition) is 0. The molecule has 0 heterocycles. The zero-order valence-electron chi connectivity index (χ0n) is 24.4. The summed E-state index contributed by atoms with van der Waals surface area (Å²) in [6, 6.07) is 28.4. The van der Waals surface area contributed by atoms with E-state index in [1.54, 1.807) is 0 Å². The molecule has 0 aromatic heterocycles. The Labute approximate surface area is 232 Å². The summed E-state index contributed by atoms with van der Waals surface area (Å²) in [4.78, 5) is 0. The molecule has 0 amide bonds. The van der Waals surface area contributed by atoms with Crippen molar-refractivity contribution < 1.29 is 0 Å². The van der Waals surface area contributed by atoms with Gasteiger partial charge in [0.25, 0.3) is 0 Å². The molecule has 3 rings (SSSR count). The number of halogens is 1. The lowest BCUT2D eigenvalue weighted by atomic mass is 9.82. The molecule has 196 valence electrons. The van der Waals surface area contributed by atoms with Crippen LogP contribution in [0.3, 0.4) is 0 Å². The van der Waals surface area contributed by atoms with E-state index in [0.29, 0.717) is 0 Å². The molecule has 2 heteroatoms. The highest BCUT2D eigenvalue weighted by atomic mass is 79.9. The fourth-order valence-corrected chi connectivity index (χ4v) is 6.48. The van der Waals surface area contributed by atoms with Gasteiger partial charge in [-0.25, -0.2) is 0 Å². The first-order valence-electron chi connectivity index (χ1n) is 13.4. The van der Waals surface area contributed by atoms with Crippen molar-refractivity contribution in [1.82, 2.24) is 0 Å². The molecule has 3 aromatic rings. The Morgan fingerprint density at radius 3 is 0.806 bits per heavy atom. The van der Waals surface area contributed by atoms with Crippen molar-refractivity contribution in [1.29, 1.82) is 0 Å². The predicted octanol–water partition coefficient (Wildman–Crippen LogP) is 9.52. The maximum Gasteiger partial charge on any atom is -0.00848 e. The third-order valence-corrected chi connectivity index (χ3v) is 10.8. The summed E-state index contributed by atoms with van der Waals surface area (Å²) in [5.41, 5.74) is 4.91. The normalized spacial score (nSPS) is 12.3. The van der Waals surface area contributed by atoms with E-state index in [1.165, 1.54) is 32.6 Å². The quantitative estimate of drug-likeness (QED) is 0.178. The summed E-state index contributed by atoms with van der Waals surface area (Å²) in [6.45, 7) is 20.9. The third-order valence-electron chi connectivity index (χ3n) is 8.37. The third kappa shape index (κ3) is 7.11. The van der Waals surface area contributed by atoms with E-state index in [2.05, 4.69) is 151 Å². The molecule has 0 radical (unpaired) electrons. The van der Waals surface area contributed by atoms with Gasteiger partial charge in [0.1, 0.15) is 0 Å². The van der Waals surface area contributed by atoms with Gasteiger partial charge in [-0.3, -0.25) is 0 Å². The second-order valence-electron chi connectivity index (χ2n) is 11.7. The minimum Gasteiger partial charge on any atom is -0.0966 e. The summed E-state index contributed by atoms with van der Waals surface area (Å²) >= 11 is 2.94. The largest absolute Gasteiger partial charge is 0.0966 e. The molecule has 0 atom stereocenters. The maximum atomic E-state index is 2.94. The molecule has 0 saturated heterocycles. The van der Waals surface area contributed by atoms with Gasteiger partial charge in [0.05, 0.1) is 0 Å². The average molecular weight is 568 g/mol. The highest BCUT2D eigenvalue weighted by Crippen LogP contribution is 2.36. The van der Waals surface area contributed by atoms with Gasteiger partial charge < -0.3 is 0 Å². The Balaban J connectivity index is 0.00000222. The Kier molecular flexibility index (Phi) is 11.0. The smallest absolute Gasteiger partial charge is 0.00848 e. The Morgan fingerprint density at radius 2 is 0.639 bits per heavy atom. The lowest BCUT2D eigenvalue weighted by Gasteiger charge is -2.27. The van der Waals surface area contributed by atoms with E-state index in [1.807, 2.05) is 5.83 Å². The second kappa shape index (κ2) is 12.9. The van der Waals surface area contributed by atoms with Crippen molar-refractivity contribution in [3.63, 3.8) is 0 Å². The van der Waals surface area contributed by atoms with E-state index in [9.17, 15) is 0 Å². The lowest BCUT2D eigenvalue weighted by Crippen LogP contribution is -2.24. The van der Waals surface area contributed by atoms with Crippen LogP contribution in [0.1, 0.15) is 98.3 Å². The summed E-state index contributed by atoms with van der Waals surface area (Å²) in [5.74, 6) is 1.81. The van der Waals surface area contributed by atoms with Crippen LogP contribution < -0.4 is 15.9 Å². The van der Waals surface area contributed by atoms with Crippen molar-refractivity contribution in [2.45, 2.75) is 97.8 Å². The standard InChI is InChI=1S/C33H45P.CH3Br/c1-10-31(4,5)25-13-19-28(20-14-25)34(29-21-15-26(16-22-29)32(6,7)11-2)30-23-17-27(18-24-30)33(8,9)12-3;1-2/h13-24H,10-12H2,1-9H3;1H3. The highest BCUT2D eigenvalue weighted by Gasteiger charge is 2.23. The number of alkyl halides is 1. The van der Waals surface area contributed by atoms with Crippen LogP contribution in [0, 0.1) is 0 Å².